The van der Waals surface area contributed by atoms with E-state index in [1.165, 1.54) is 24.9 Å². The molecular formula is C19H25N3O2S. The van der Waals surface area contributed by atoms with Crippen LogP contribution in [0.15, 0.2) is 24.3 Å². The number of carbonyl (C=O) groups is 2. The van der Waals surface area contributed by atoms with E-state index in [0.717, 1.165) is 25.2 Å². The third kappa shape index (κ3) is 3.12. The molecule has 0 aliphatic carbocycles. The molecule has 3 aliphatic rings. The fraction of sp³-hybridized carbons (Fsp3) is 0.579. The van der Waals surface area contributed by atoms with E-state index in [2.05, 4.69) is 29.3 Å². The van der Waals surface area contributed by atoms with E-state index in [0.29, 0.717) is 12.2 Å². The lowest BCUT2D eigenvalue weighted by Gasteiger charge is -2.30. The third-order valence-corrected chi connectivity index (χ3v) is 7.11. The number of hydrogen-bond donors (Lipinski definition) is 1. The van der Waals surface area contributed by atoms with Crippen molar-refractivity contribution >= 4 is 35.0 Å². The zero-order chi connectivity index (χ0) is 17.4. The first-order chi connectivity index (χ1) is 12.1. The Morgan fingerprint density at radius 2 is 1.92 bits per heavy atom. The zero-order valence-electron chi connectivity index (χ0n) is 14.7. The van der Waals surface area contributed by atoms with Crippen molar-refractivity contribution in [2.45, 2.75) is 49.9 Å². The third-order valence-electron chi connectivity index (χ3n) is 5.60. The van der Waals surface area contributed by atoms with Gasteiger partial charge in [0, 0.05) is 36.6 Å². The number of piperidine rings is 1. The predicted octanol–water partition coefficient (Wildman–Crippen LogP) is 3.07. The summed E-state index contributed by atoms with van der Waals surface area (Å²) in [6.45, 7) is 4.30. The van der Waals surface area contributed by atoms with E-state index in [-0.39, 0.29) is 22.7 Å². The Morgan fingerprint density at radius 3 is 2.64 bits per heavy atom. The molecule has 1 N–H and O–H groups in total. The predicted molar refractivity (Wildman–Crippen MR) is 102 cm³/mol. The lowest BCUT2D eigenvalue weighted by Crippen LogP contribution is -2.48. The molecule has 2 atom stereocenters. The zero-order valence-corrected chi connectivity index (χ0v) is 15.5. The first kappa shape index (κ1) is 16.8. The molecule has 0 saturated carbocycles. The quantitative estimate of drug-likeness (QED) is 0.901. The van der Waals surface area contributed by atoms with Crippen LogP contribution in [-0.4, -0.2) is 46.5 Å². The molecule has 25 heavy (non-hydrogen) atoms. The van der Waals surface area contributed by atoms with Crippen LogP contribution in [0.2, 0.25) is 0 Å². The average molecular weight is 359 g/mol. The maximum atomic E-state index is 12.7. The molecule has 3 fully saturated rings. The van der Waals surface area contributed by atoms with E-state index in [4.69, 9.17) is 0 Å². The van der Waals surface area contributed by atoms with Gasteiger partial charge in [-0.3, -0.25) is 9.59 Å². The van der Waals surface area contributed by atoms with Gasteiger partial charge < -0.3 is 15.1 Å². The highest BCUT2D eigenvalue weighted by Gasteiger charge is 2.52. The summed E-state index contributed by atoms with van der Waals surface area (Å²) in [6, 6.07) is 7.74. The van der Waals surface area contributed by atoms with Gasteiger partial charge in [-0.2, -0.15) is 0 Å². The number of rotatable bonds is 3. The number of nitrogens with one attached hydrogen (secondary N) is 1. The number of anilines is 2. The molecule has 6 heteroatoms. The second-order valence-electron chi connectivity index (χ2n) is 7.35. The van der Waals surface area contributed by atoms with E-state index < -0.39 is 0 Å². The molecule has 2 unspecified atom stereocenters. The Bertz CT molecular complexity index is 672. The van der Waals surface area contributed by atoms with Crippen LogP contribution in [0.4, 0.5) is 11.4 Å². The van der Waals surface area contributed by atoms with Gasteiger partial charge in [0.1, 0.15) is 6.04 Å². The highest BCUT2D eigenvalue weighted by molar-refractivity contribution is 8.01. The summed E-state index contributed by atoms with van der Waals surface area (Å²) in [4.78, 5) is 28.9. The van der Waals surface area contributed by atoms with Gasteiger partial charge in [-0.05, 0) is 56.9 Å². The Morgan fingerprint density at radius 1 is 1.20 bits per heavy atom. The minimum atomic E-state index is -0.355. The van der Waals surface area contributed by atoms with Gasteiger partial charge in [-0.15, -0.1) is 11.8 Å². The number of thioether (sulfide) groups is 1. The van der Waals surface area contributed by atoms with E-state index in [1.54, 1.807) is 16.7 Å². The molecule has 0 aromatic heterocycles. The smallest absolute Gasteiger partial charge is 0.248 e. The Balaban J connectivity index is 1.42. The van der Waals surface area contributed by atoms with Crippen LogP contribution in [0.1, 0.15) is 39.0 Å². The Kier molecular flexibility index (Phi) is 4.40. The summed E-state index contributed by atoms with van der Waals surface area (Å²) < 4.78 is 0. The molecule has 1 aromatic carbocycles. The Hall–Kier alpha value is -1.69. The van der Waals surface area contributed by atoms with Gasteiger partial charge >= 0.3 is 0 Å². The van der Waals surface area contributed by atoms with Crippen molar-refractivity contribution in [2.24, 2.45) is 0 Å². The van der Waals surface area contributed by atoms with Crippen LogP contribution in [0.25, 0.3) is 0 Å². The van der Waals surface area contributed by atoms with Crippen LogP contribution in [0.5, 0.6) is 0 Å². The van der Waals surface area contributed by atoms with Crippen molar-refractivity contribution in [1.29, 1.82) is 0 Å². The van der Waals surface area contributed by atoms with E-state index in [1.807, 2.05) is 12.1 Å². The highest BCUT2D eigenvalue weighted by atomic mass is 32.2. The number of hydrogen-bond acceptors (Lipinski definition) is 4. The normalized spacial score (nSPS) is 29.0. The van der Waals surface area contributed by atoms with E-state index in [9.17, 15) is 9.59 Å². The Labute approximate surface area is 153 Å². The molecule has 4 rings (SSSR count). The van der Waals surface area contributed by atoms with Gasteiger partial charge in [0.2, 0.25) is 11.8 Å². The van der Waals surface area contributed by atoms with Gasteiger partial charge in [-0.1, -0.05) is 0 Å². The van der Waals surface area contributed by atoms with Gasteiger partial charge in [0.05, 0.1) is 4.87 Å². The minimum absolute atomic E-state index is 0.0720. The standard InChI is InChI=1S/C19H25N3O2S/c1-19-10-9-17(23)22(19)16(13-25-19)18(24)20-14-5-7-15(8-6-14)21-11-3-2-4-12-21/h5-8,16H,2-4,9-13H2,1H3,(H,20,24). The molecule has 0 spiro atoms. The molecule has 5 nitrogen and oxygen atoms in total. The molecular weight excluding hydrogens is 334 g/mol. The second-order valence-corrected chi connectivity index (χ2v) is 8.85. The largest absolute Gasteiger partial charge is 0.372 e. The number of nitrogens with zero attached hydrogens (tertiary/aromatic N) is 2. The van der Waals surface area contributed by atoms with Crippen molar-refractivity contribution in [3.8, 4) is 0 Å². The summed E-state index contributed by atoms with van der Waals surface area (Å²) in [6.07, 6.45) is 5.21. The first-order valence-electron chi connectivity index (χ1n) is 9.19. The summed E-state index contributed by atoms with van der Waals surface area (Å²) >= 11 is 1.72. The SMILES string of the molecule is CC12CCC(=O)N1C(C(=O)Nc1ccc(N3CCCCC3)cc1)CS2. The molecule has 3 heterocycles. The number of benzene rings is 1. The van der Waals surface area contributed by atoms with Crippen molar-refractivity contribution < 1.29 is 9.59 Å². The summed E-state index contributed by atoms with van der Waals surface area (Å²) in [7, 11) is 0. The molecule has 3 aliphatic heterocycles. The number of fused-ring (bicyclic) bond motifs is 1. The van der Waals surface area contributed by atoms with Gasteiger partial charge in [-0.25, -0.2) is 0 Å². The monoisotopic (exact) mass is 359 g/mol. The fourth-order valence-electron chi connectivity index (χ4n) is 4.15. The topological polar surface area (TPSA) is 52.7 Å². The molecule has 0 radical (unpaired) electrons. The lowest BCUT2D eigenvalue weighted by atomic mass is 10.1. The van der Waals surface area contributed by atoms with Crippen molar-refractivity contribution in [2.75, 3.05) is 29.1 Å². The van der Waals surface area contributed by atoms with E-state index >= 15 is 0 Å². The second kappa shape index (κ2) is 6.56. The summed E-state index contributed by atoms with van der Waals surface area (Å²) in [5, 5.41) is 3.00. The first-order valence-corrected chi connectivity index (χ1v) is 10.2. The molecule has 3 saturated heterocycles. The maximum Gasteiger partial charge on any atom is 0.248 e. The number of amides is 2. The summed E-state index contributed by atoms with van der Waals surface area (Å²) in [5.74, 6) is 0.713. The van der Waals surface area contributed by atoms with Crippen LogP contribution >= 0.6 is 11.8 Å². The van der Waals surface area contributed by atoms with Crippen LogP contribution < -0.4 is 10.2 Å². The molecule has 1 aromatic rings. The highest BCUT2D eigenvalue weighted by Crippen LogP contribution is 2.47. The molecule has 0 bridgehead atoms. The molecule has 134 valence electrons. The fourth-order valence-corrected chi connectivity index (χ4v) is 5.58. The van der Waals surface area contributed by atoms with Gasteiger partial charge in [0.15, 0.2) is 0 Å². The minimum Gasteiger partial charge on any atom is -0.372 e. The van der Waals surface area contributed by atoms with Crippen LogP contribution in [-0.2, 0) is 9.59 Å². The average Bonchev–Trinajstić information content (AvgIpc) is 3.13. The number of carbonyl (C=O) groups excluding carboxylic acids is 2. The summed E-state index contributed by atoms with van der Waals surface area (Å²) in [5.41, 5.74) is 2.02. The maximum absolute atomic E-state index is 12.7. The van der Waals surface area contributed by atoms with Crippen molar-refractivity contribution in [1.82, 2.24) is 4.90 Å². The molecule has 2 amide bonds. The van der Waals surface area contributed by atoms with Crippen molar-refractivity contribution in [3.05, 3.63) is 24.3 Å². The van der Waals surface area contributed by atoms with Crippen LogP contribution in [0.3, 0.4) is 0 Å². The van der Waals surface area contributed by atoms with Crippen LogP contribution in [0, 0.1) is 0 Å². The van der Waals surface area contributed by atoms with Gasteiger partial charge in [0.25, 0.3) is 0 Å². The van der Waals surface area contributed by atoms with Crippen molar-refractivity contribution in [3.63, 3.8) is 0 Å². The lowest BCUT2D eigenvalue weighted by molar-refractivity contribution is -0.135.